The first-order valence-corrected chi connectivity index (χ1v) is 9.52. The van der Waals surface area contributed by atoms with Gasteiger partial charge in [0.2, 0.25) is 5.91 Å². The Morgan fingerprint density at radius 2 is 2.12 bits per heavy atom. The molecule has 1 heterocycles. The van der Waals surface area contributed by atoms with Gasteiger partial charge in [-0.2, -0.15) is 5.10 Å². The monoisotopic (exact) mass is 381 g/mol. The predicted molar refractivity (Wildman–Crippen MR) is 106 cm³/mol. The summed E-state index contributed by atoms with van der Waals surface area (Å²) in [6.07, 6.45) is 9.04. The summed E-state index contributed by atoms with van der Waals surface area (Å²) in [7, 11) is 0. The zero-order valence-corrected chi connectivity index (χ0v) is 16.3. The first-order chi connectivity index (χ1) is 12.0. The molecule has 0 saturated heterocycles. The van der Waals surface area contributed by atoms with E-state index < -0.39 is 0 Å². The highest BCUT2D eigenvalue weighted by Gasteiger charge is 2.25. The molecule has 0 fully saturated rings. The second kappa shape index (κ2) is 9.83. The van der Waals surface area contributed by atoms with Crippen molar-refractivity contribution in [2.75, 3.05) is 11.6 Å². The van der Waals surface area contributed by atoms with Crippen molar-refractivity contribution in [2.24, 2.45) is 11.0 Å². The van der Waals surface area contributed by atoms with Gasteiger partial charge in [-0.15, -0.1) is 0 Å². The number of allylic oxidation sites excluding steroid dienone is 1. The number of hydrazone groups is 1. The molecule has 0 unspecified atom stereocenters. The molecular weight excluding hydrogens is 357 g/mol. The van der Waals surface area contributed by atoms with E-state index >= 15 is 0 Å². The number of hydrogen-bond acceptors (Lipinski definition) is 3. The zero-order chi connectivity index (χ0) is 18.2. The summed E-state index contributed by atoms with van der Waals surface area (Å²) >= 11 is 12.0. The number of rotatable bonds is 7. The number of carbonyl (C=O) groups excluding carboxylic acids is 1. The number of halogens is 2. The SMILES string of the molecule is CCCCC/C=C/CC(=O)NC1=NN(c2ccc(Cl)c(Cl)c2)C[C@@H]1C. The number of nitrogens with zero attached hydrogens (tertiary/aromatic N) is 2. The Balaban J connectivity index is 1.88. The highest BCUT2D eigenvalue weighted by Crippen LogP contribution is 2.29. The number of amidine groups is 1. The fraction of sp³-hybridized carbons (Fsp3) is 0.474. The normalized spacial score (nSPS) is 17.2. The van der Waals surface area contributed by atoms with Crippen molar-refractivity contribution >= 4 is 40.6 Å². The van der Waals surface area contributed by atoms with Gasteiger partial charge in [0.25, 0.3) is 0 Å². The largest absolute Gasteiger partial charge is 0.312 e. The van der Waals surface area contributed by atoms with Crippen LogP contribution in [-0.2, 0) is 4.79 Å². The number of amides is 1. The first kappa shape index (κ1) is 19.8. The van der Waals surface area contributed by atoms with Gasteiger partial charge in [0, 0.05) is 12.3 Å². The molecule has 1 N–H and O–H groups in total. The van der Waals surface area contributed by atoms with Crippen molar-refractivity contribution in [1.82, 2.24) is 5.32 Å². The van der Waals surface area contributed by atoms with Crippen LogP contribution in [-0.4, -0.2) is 18.3 Å². The summed E-state index contributed by atoms with van der Waals surface area (Å²) in [6, 6.07) is 5.40. The molecule has 0 aromatic heterocycles. The van der Waals surface area contributed by atoms with Crippen LogP contribution in [0.4, 0.5) is 5.69 Å². The van der Waals surface area contributed by atoms with E-state index in [9.17, 15) is 4.79 Å². The second-order valence-electron chi connectivity index (χ2n) is 6.29. The molecule has 0 bridgehead atoms. The summed E-state index contributed by atoms with van der Waals surface area (Å²) in [4.78, 5) is 12.1. The Hall–Kier alpha value is -1.52. The van der Waals surface area contributed by atoms with Gasteiger partial charge in [-0.25, -0.2) is 0 Å². The minimum absolute atomic E-state index is 0.0340. The summed E-state index contributed by atoms with van der Waals surface area (Å²) in [6.45, 7) is 4.92. The lowest BCUT2D eigenvalue weighted by atomic mass is 10.1. The quantitative estimate of drug-likeness (QED) is 0.507. The Labute approximate surface area is 159 Å². The Bertz CT molecular complexity index is 658. The van der Waals surface area contributed by atoms with Crippen molar-refractivity contribution < 1.29 is 4.79 Å². The highest BCUT2D eigenvalue weighted by molar-refractivity contribution is 6.42. The molecule has 1 amide bonds. The highest BCUT2D eigenvalue weighted by atomic mass is 35.5. The lowest BCUT2D eigenvalue weighted by molar-refractivity contribution is -0.118. The molecule has 6 heteroatoms. The van der Waals surface area contributed by atoms with E-state index in [2.05, 4.69) is 23.4 Å². The molecular formula is C19H25Cl2N3O. The summed E-state index contributed by atoms with van der Waals surface area (Å²) in [5.41, 5.74) is 0.862. The van der Waals surface area contributed by atoms with Crippen molar-refractivity contribution in [3.05, 3.63) is 40.4 Å². The lowest BCUT2D eigenvalue weighted by Gasteiger charge is -2.14. The fourth-order valence-corrected chi connectivity index (χ4v) is 2.88. The third-order valence-corrected chi connectivity index (χ3v) is 4.79. The standard InChI is InChI=1S/C19H25Cl2N3O/c1-3-4-5-6-7-8-9-18(25)22-19-14(2)13-24(23-19)15-10-11-16(20)17(21)12-15/h7-8,10-12,14H,3-6,9,13H2,1-2H3,(H,22,23,25)/b8-7+/t14-/m0/s1. The molecule has 25 heavy (non-hydrogen) atoms. The maximum atomic E-state index is 12.1. The second-order valence-corrected chi connectivity index (χ2v) is 7.10. The maximum Gasteiger partial charge on any atom is 0.229 e. The van der Waals surface area contributed by atoms with Crippen molar-refractivity contribution in [2.45, 2.75) is 46.0 Å². The Kier molecular flexibility index (Phi) is 7.79. The summed E-state index contributed by atoms with van der Waals surface area (Å²) in [5, 5.41) is 10.3. The first-order valence-electron chi connectivity index (χ1n) is 8.77. The maximum absolute atomic E-state index is 12.1. The van der Waals surface area contributed by atoms with Gasteiger partial charge < -0.3 is 5.32 Å². The van der Waals surface area contributed by atoms with E-state index in [1.165, 1.54) is 19.3 Å². The predicted octanol–water partition coefficient (Wildman–Crippen LogP) is 5.41. The van der Waals surface area contributed by atoms with E-state index in [1.54, 1.807) is 12.1 Å². The lowest BCUT2D eigenvalue weighted by Crippen LogP contribution is -2.33. The smallest absolute Gasteiger partial charge is 0.229 e. The molecule has 2 rings (SSSR count). The average molecular weight is 382 g/mol. The molecule has 1 aromatic rings. The molecule has 0 saturated carbocycles. The molecule has 1 atom stereocenters. The van der Waals surface area contributed by atoms with Crippen molar-refractivity contribution in [3.8, 4) is 0 Å². The van der Waals surface area contributed by atoms with Crippen LogP contribution in [0, 0.1) is 5.92 Å². The number of nitrogens with one attached hydrogen (secondary N) is 1. The van der Waals surface area contributed by atoms with E-state index in [0.717, 1.165) is 12.1 Å². The summed E-state index contributed by atoms with van der Waals surface area (Å²) < 4.78 is 0. The van der Waals surface area contributed by atoms with Crippen LogP contribution in [0.25, 0.3) is 0 Å². The minimum atomic E-state index is -0.0340. The van der Waals surface area contributed by atoms with Crippen LogP contribution in [0.15, 0.2) is 35.5 Å². The van der Waals surface area contributed by atoms with Gasteiger partial charge in [0.1, 0.15) is 5.84 Å². The molecule has 136 valence electrons. The third-order valence-electron chi connectivity index (χ3n) is 4.06. The topological polar surface area (TPSA) is 44.7 Å². The molecule has 0 aliphatic carbocycles. The van der Waals surface area contributed by atoms with Crippen LogP contribution in [0.2, 0.25) is 10.0 Å². The average Bonchev–Trinajstić information content (AvgIpc) is 2.94. The number of anilines is 1. The van der Waals surface area contributed by atoms with E-state index in [0.29, 0.717) is 28.8 Å². The number of carbonyl (C=O) groups is 1. The van der Waals surface area contributed by atoms with Crippen molar-refractivity contribution in [3.63, 3.8) is 0 Å². The zero-order valence-electron chi connectivity index (χ0n) is 14.8. The van der Waals surface area contributed by atoms with Crippen LogP contribution < -0.4 is 10.3 Å². The molecule has 4 nitrogen and oxygen atoms in total. The van der Waals surface area contributed by atoms with E-state index in [4.69, 9.17) is 23.2 Å². The summed E-state index contributed by atoms with van der Waals surface area (Å²) in [5.74, 6) is 0.802. The van der Waals surface area contributed by atoms with E-state index in [-0.39, 0.29) is 11.8 Å². The molecule has 1 aliphatic heterocycles. The van der Waals surface area contributed by atoms with Crippen LogP contribution in [0.3, 0.4) is 0 Å². The molecule has 1 aromatic carbocycles. The molecule has 0 spiro atoms. The number of unbranched alkanes of at least 4 members (excludes halogenated alkanes) is 3. The van der Waals surface area contributed by atoms with Crippen molar-refractivity contribution in [1.29, 1.82) is 0 Å². The fourth-order valence-electron chi connectivity index (χ4n) is 2.59. The third kappa shape index (κ3) is 6.05. The van der Waals surface area contributed by atoms with Crippen LogP contribution >= 0.6 is 23.2 Å². The van der Waals surface area contributed by atoms with Gasteiger partial charge in [0.15, 0.2) is 0 Å². The molecule has 1 aliphatic rings. The van der Waals surface area contributed by atoms with Gasteiger partial charge in [0.05, 0.1) is 22.3 Å². The number of hydrogen-bond donors (Lipinski definition) is 1. The molecule has 0 radical (unpaired) electrons. The Morgan fingerprint density at radius 3 is 2.84 bits per heavy atom. The van der Waals surface area contributed by atoms with Gasteiger partial charge in [-0.3, -0.25) is 9.80 Å². The number of benzene rings is 1. The van der Waals surface area contributed by atoms with Crippen LogP contribution in [0.1, 0.15) is 46.0 Å². The van der Waals surface area contributed by atoms with Gasteiger partial charge in [-0.05, 0) is 31.0 Å². The van der Waals surface area contributed by atoms with Crippen LogP contribution in [0.5, 0.6) is 0 Å². The van der Waals surface area contributed by atoms with E-state index in [1.807, 2.05) is 24.1 Å². The van der Waals surface area contributed by atoms with Gasteiger partial charge >= 0.3 is 0 Å². The Morgan fingerprint density at radius 1 is 1.32 bits per heavy atom. The van der Waals surface area contributed by atoms with Gasteiger partial charge in [-0.1, -0.05) is 62.0 Å². The minimum Gasteiger partial charge on any atom is -0.312 e.